The van der Waals surface area contributed by atoms with Crippen LogP contribution in [0.25, 0.3) is 28.1 Å². The second kappa shape index (κ2) is 5.15. The third-order valence-electron chi connectivity index (χ3n) is 3.70. The topological polar surface area (TPSA) is 17.8 Å². The number of hydrogen-bond donors (Lipinski definition) is 0. The van der Waals surface area contributed by atoms with Gasteiger partial charge in [0.15, 0.2) is 0 Å². The fraction of sp³-hybridized carbons (Fsp3) is 0.0500. The molecule has 0 saturated carbocycles. The fourth-order valence-corrected chi connectivity index (χ4v) is 2.70. The first-order valence-corrected chi connectivity index (χ1v) is 7.18. The van der Waals surface area contributed by atoms with Gasteiger partial charge in [0.25, 0.3) is 0 Å². The van der Waals surface area contributed by atoms with Gasteiger partial charge in [0, 0.05) is 15.4 Å². The van der Waals surface area contributed by atoms with Crippen molar-refractivity contribution in [2.75, 3.05) is 0 Å². The second-order valence-corrected chi connectivity index (χ2v) is 5.18. The lowest BCUT2D eigenvalue weighted by Crippen LogP contribution is -1.97. The highest BCUT2D eigenvalue weighted by Crippen LogP contribution is 2.28. The molecule has 106 valence electrons. The van der Waals surface area contributed by atoms with Crippen LogP contribution in [0.1, 0.15) is 9.68 Å². The Morgan fingerprint density at radius 1 is 0.864 bits per heavy atom. The van der Waals surface area contributed by atoms with Gasteiger partial charge in [-0.2, -0.15) is 0 Å². The first-order chi connectivity index (χ1) is 12.0. The molecule has 1 heterocycles. The summed E-state index contributed by atoms with van der Waals surface area (Å²) < 4.78 is 25.0. The standard InChI is InChI=1S/C20H16N2/c1-15-12-13-19-18(14-15)21-20(16-8-4-2-5-9-16)22(19)17-10-6-3-7-11-17/h2-14H,1H3/i1D3. The summed E-state index contributed by atoms with van der Waals surface area (Å²) in [7, 11) is 0. The number of nitrogens with zero attached hydrogens (tertiary/aromatic N) is 2. The van der Waals surface area contributed by atoms with Gasteiger partial charge in [-0.25, -0.2) is 4.98 Å². The van der Waals surface area contributed by atoms with Gasteiger partial charge in [0.05, 0.1) is 11.0 Å². The number of hydrogen-bond acceptors (Lipinski definition) is 1. The maximum atomic E-state index is 7.64. The van der Waals surface area contributed by atoms with Gasteiger partial charge in [0.1, 0.15) is 5.82 Å². The van der Waals surface area contributed by atoms with Crippen molar-refractivity contribution in [1.29, 1.82) is 0 Å². The van der Waals surface area contributed by atoms with Crippen LogP contribution in [-0.2, 0) is 0 Å². The van der Waals surface area contributed by atoms with Crippen molar-refractivity contribution in [3.8, 4) is 17.1 Å². The van der Waals surface area contributed by atoms with E-state index in [0.717, 1.165) is 22.6 Å². The molecule has 0 bridgehead atoms. The lowest BCUT2D eigenvalue weighted by Gasteiger charge is -2.09. The van der Waals surface area contributed by atoms with Gasteiger partial charge >= 0.3 is 0 Å². The zero-order valence-electron chi connectivity index (χ0n) is 14.9. The van der Waals surface area contributed by atoms with Crippen molar-refractivity contribution < 1.29 is 4.11 Å². The monoisotopic (exact) mass is 287 g/mol. The zero-order valence-corrected chi connectivity index (χ0v) is 11.9. The SMILES string of the molecule is [2H]C([2H])([2H])c1ccc2c(c1)nc(-c1ccccc1)n2-c1ccccc1. The van der Waals surface area contributed by atoms with Gasteiger partial charge in [-0.3, -0.25) is 4.57 Å². The Labute approximate surface area is 133 Å². The first-order valence-electron chi connectivity index (χ1n) is 8.68. The normalized spacial score (nSPS) is 13.5. The lowest BCUT2D eigenvalue weighted by molar-refractivity contribution is 1.10. The van der Waals surface area contributed by atoms with Crippen LogP contribution in [0.3, 0.4) is 0 Å². The fourth-order valence-electron chi connectivity index (χ4n) is 2.70. The number of fused-ring (bicyclic) bond motifs is 1. The Bertz CT molecular complexity index is 1020. The molecule has 0 radical (unpaired) electrons. The van der Waals surface area contributed by atoms with E-state index in [-0.39, 0.29) is 0 Å². The predicted molar refractivity (Wildman–Crippen MR) is 91.2 cm³/mol. The van der Waals surface area contributed by atoms with Gasteiger partial charge in [-0.15, -0.1) is 0 Å². The van der Waals surface area contributed by atoms with Crippen molar-refractivity contribution >= 4 is 11.0 Å². The molecular formula is C20H16N2. The van der Waals surface area contributed by atoms with E-state index in [1.807, 2.05) is 66.7 Å². The summed E-state index contributed by atoms with van der Waals surface area (Å²) in [5.41, 5.74) is 3.84. The molecule has 3 aromatic carbocycles. The largest absolute Gasteiger partial charge is 0.292 e. The van der Waals surface area contributed by atoms with Crippen molar-refractivity contribution in [1.82, 2.24) is 9.55 Å². The Hall–Kier alpha value is -2.87. The smallest absolute Gasteiger partial charge is 0.145 e. The van der Waals surface area contributed by atoms with Crippen LogP contribution in [0.4, 0.5) is 0 Å². The molecule has 0 aliphatic carbocycles. The van der Waals surface area contributed by atoms with Crippen LogP contribution < -0.4 is 0 Å². The maximum absolute atomic E-state index is 7.64. The molecule has 1 aromatic heterocycles. The number of aromatic nitrogens is 2. The molecule has 0 N–H and O–H groups in total. The number of benzene rings is 3. The Morgan fingerprint density at radius 3 is 2.32 bits per heavy atom. The van der Waals surface area contributed by atoms with Crippen LogP contribution in [-0.4, -0.2) is 9.55 Å². The molecule has 0 aliphatic rings. The molecule has 0 unspecified atom stereocenters. The minimum Gasteiger partial charge on any atom is -0.292 e. The summed E-state index contributed by atoms with van der Waals surface area (Å²) >= 11 is 0. The van der Waals surface area contributed by atoms with Gasteiger partial charge < -0.3 is 0 Å². The molecule has 0 aliphatic heterocycles. The Morgan fingerprint density at radius 2 is 1.59 bits per heavy atom. The summed E-state index contributed by atoms with van der Waals surface area (Å²) in [4.78, 5) is 4.75. The molecule has 4 aromatic rings. The number of para-hydroxylation sites is 1. The van der Waals surface area contributed by atoms with E-state index in [9.17, 15) is 0 Å². The summed E-state index contributed by atoms with van der Waals surface area (Å²) in [6.07, 6.45) is 0. The van der Waals surface area contributed by atoms with Crippen LogP contribution in [0.2, 0.25) is 0 Å². The van der Waals surface area contributed by atoms with E-state index >= 15 is 0 Å². The third-order valence-corrected chi connectivity index (χ3v) is 3.70. The molecule has 0 saturated heterocycles. The summed E-state index contributed by atoms with van der Waals surface area (Å²) in [6, 6.07) is 25.0. The average Bonchev–Trinajstić information content (AvgIpc) is 3.01. The van der Waals surface area contributed by atoms with E-state index in [1.54, 1.807) is 12.1 Å². The van der Waals surface area contributed by atoms with Gasteiger partial charge in [-0.05, 0) is 36.7 Å². The minimum atomic E-state index is -2.14. The van der Waals surface area contributed by atoms with Crippen molar-refractivity contribution in [2.45, 2.75) is 6.85 Å². The third kappa shape index (κ3) is 2.09. The van der Waals surface area contributed by atoms with Crippen molar-refractivity contribution in [2.24, 2.45) is 0 Å². The highest BCUT2D eigenvalue weighted by atomic mass is 15.1. The van der Waals surface area contributed by atoms with Crippen molar-refractivity contribution in [3.63, 3.8) is 0 Å². The Balaban J connectivity index is 2.02. The first kappa shape index (κ1) is 9.96. The predicted octanol–water partition coefficient (Wildman–Crippen LogP) is 5.00. The van der Waals surface area contributed by atoms with Crippen LogP contribution in [0.5, 0.6) is 0 Å². The van der Waals surface area contributed by atoms with Crippen LogP contribution in [0.15, 0.2) is 78.9 Å². The van der Waals surface area contributed by atoms with E-state index in [2.05, 4.69) is 4.57 Å². The highest BCUT2D eigenvalue weighted by Gasteiger charge is 2.13. The minimum absolute atomic E-state index is 0.303. The quantitative estimate of drug-likeness (QED) is 0.507. The van der Waals surface area contributed by atoms with E-state index < -0.39 is 6.85 Å². The maximum Gasteiger partial charge on any atom is 0.145 e. The average molecular weight is 287 g/mol. The summed E-state index contributed by atoms with van der Waals surface area (Å²) in [5.74, 6) is 0.796. The summed E-state index contributed by atoms with van der Waals surface area (Å²) in [6.45, 7) is -2.14. The number of imidazole rings is 1. The lowest BCUT2D eigenvalue weighted by atomic mass is 10.2. The number of rotatable bonds is 2. The molecule has 0 amide bonds. The highest BCUT2D eigenvalue weighted by molar-refractivity contribution is 5.83. The number of aryl methyl sites for hydroxylation is 1. The molecular weight excluding hydrogens is 268 g/mol. The second-order valence-electron chi connectivity index (χ2n) is 5.18. The van der Waals surface area contributed by atoms with Gasteiger partial charge in [-0.1, -0.05) is 54.6 Å². The van der Waals surface area contributed by atoms with E-state index in [4.69, 9.17) is 9.10 Å². The molecule has 22 heavy (non-hydrogen) atoms. The molecule has 0 spiro atoms. The zero-order chi connectivity index (χ0) is 17.4. The Kier molecular flexibility index (Phi) is 2.33. The molecule has 0 fully saturated rings. The van der Waals surface area contributed by atoms with E-state index in [0.29, 0.717) is 11.1 Å². The van der Waals surface area contributed by atoms with Gasteiger partial charge in [0.2, 0.25) is 0 Å². The summed E-state index contributed by atoms with van der Waals surface area (Å²) in [5, 5.41) is 0. The van der Waals surface area contributed by atoms with Crippen molar-refractivity contribution in [3.05, 3.63) is 84.4 Å². The van der Waals surface area contributed by atoms with Crippen LogP contribution >= 0.6 is 0 Å². The molecule has 4 rings (SSSR count). The van der Waals surface area contributed by atoms with Crippen LogP contribution in [0, 0.1) is 6.85 Å². The molecule has 0 atom stereocenters. The molecule has 2 nitrogen and oxygen atoms in total. The van der Waals surface area contributed by atoms with E-state index in [1.165, 1.54) is 0 Å². The molecule has 2 heteroatoms.